The third-order valence-electron chi connectivity index (χ3n) is 5.67. The molecule has 0 unspecified atom stereocenters. The van der Waals surface area contributed by atoms with E-state index in [-0.39, 0.29) is 11.6 Å². The molecule has 0 aliphatic heterocycles. The SMILES string of the molecule is COc1ccc(-c2nnc(-c3ccnc(Nc4cc([N+](=O)[O-])c(N(C)CCN(C)C)cc4OC)n3)s2)cc1. The molecule has 0 aliphatic rings. The molecule has 4 rings (SSSR count). The molecule has 0 aliphatic carbocycles. The lowest BCUT2D eigenvalue weighted by molar-refractivity contribution is -0.384. The van der Waals surface area contributed by atoms with Gasteiger partial charge in [-0.1, -0.05) is 11.3 Å². The summed E-state index contributed by atoms with van der Waals surface area (Å²) in [6, 6.07) is 12.4. The first kappa shape index (κ1) is 26.7. The number of aromatic nitrogens is 4. The number of hydrogen-bond donors (Lipinski definition) is 1. The number of hydrogen-bond acceptors (Lipinski definition) is 12. The van der Waals surface area contributed by atoms with E-state index in [1.807, 2.05) is 55.2 Å². The van der Waals surface area contributed by atoms with Crippen LogP contribution in [-0.2, 0) is 0 Å². The van der Waals surface area contributed by atoms with Gasteiger partial charge in [0.2, 0.25) is 5.95 Å². The Hall–Kier alpha value is -4.36. The number of benzene rings is 2. The molecule has 0 amide bonds. The van der Waals surface area contributed by atoms with Crippen molar-refractivity contribution in [3.05, 3.63) is 58.8 Å². The second kappa shape index (κ2) is 11.8. The predicted octanol–water partition coefficient (Wildman–Crippen LogP) is 4.33. The molecule has 2 aromatic carbocycles. The predicted molar refractivity (Wildman–Crippen MR) is 148 cm³/mol. The Morgan fingerprint density at radius 2 is 1.74 bits per heavy atom. The molecule has 4 aromatic rings. The van der Waals surface area contributed by atoms with E-state index in [4.69, 9.17) is 9.47 Å². The summed E-state index contributed by atoms with van der Waals surface area (Å²) in [6.07, 6.45) is 1.59. The van der Waals surface area contributed by atoms with Crippen LogP contribution in [-0.4, -0.2) is 78.4 Å². The van der Waals surface area contributed by atoms with Gasteiger partial charge in [-0.15, -0.1) is 10.2 Å². The fraction of sp³-hybridized carbons (Fsp3) is 0.280. The molecule has 198 valence electrons. The number of anilines is 3. The number of nitrogens with one attached hydrogen (secondary N) is 1. The lowest BCUT2D eigenvalue weighted by atomic mass is 10.2. The maximum absolute atomic E-state index is 11.9. The number of likely N-dealkylation sites (N-methyl/N-ethyl adjacent to an activating group) is 2. The van der Waals surface area contributed by atoms with Crippen LogP contribution in [0.15, 0.2) is 48.7 Å². The zero-order valence-corrected chi connectivity index (χ0v) is 22.5. The minimum atomic E-state index is -0.411. The lowest BCUT2D eigenvalue weighted by Gasteiger charge is -2.22. The summed E-state index contributed by atoms with van der Waals surface area (Å²) >= 11 is 1.39. The first-order valence-electron chi connectivity index (χ1n) is 11.6. The van der Waals surface area contributed by atoms with E-state index in [0.29, 0.717) is 34.4 Å². The summed E-state index contributed by atoms with van der Waals surface area (Å²) in [6.45, 7) is 1.34. The van der Waals surface area contributed by atoms with Crippen LogP contribution in [0.2, 0.25) is 0 Å². The quantitative estimate of drug-likeness (QED) is 0.217. The van der Waals surface area contributed by atoms with E-state index in [1.165, 1.54) is 24.5 Å². The molecule has 0 atom stereocenters. The number of nitro benzene ring substituents is 1. The van der Waals surface area contributed by atoms with Gasteiger partial charge in [-0.05, 0) is 44.4 Å². The van der Waals surface area contributed by atoms with Gasteiger partial charge in [0.15, 0.2) is 5.01 Å². The summed E-state index contributed by atoms with van der Waals surface area (Å²) < 4.78 is 10.8. The average Bonchev–Trinajstić information content (AvgIpc) is 3.42. The summed E-state index contributed by atoms with van der Waals surface area (Å²) in [7, 11) is 8.84. The Kier molecular flexibility index (Phi) is 8.28. The van der Waals surface area contributed by atoms with Crippen molar-refractivity contribution in [1.29, 1.82) is 0 Å². The first-order chi connectivity index (χ1) is 18.3. The van der Waals surface area contributed by atoms with E-state index < -0.39 is 4.92 Å². The summed E-state index contributed by atoms with van der Waals surface area (Å²) in [5, 5.41) is 24.9. The van der Waals surface area contributed by atoms with Crippen LogP contribution in [0, 0.1) is 10.1 Å². The van der Waals surface area contributed by atoms with Gasteiger partial charge in [-0.3, -0.25) is 10.1 Å². The largest absolute Gasteiger partial charge is 0.497 e. The fourth-order valence-corrected chi connectivity index (χ4v) is 4.40. The number of nitrogens with zero attached hydrogens (tertiary/aromatic N) is 7. The minimum Gasteiger partial charge on any atom is -0.497 e. The first-order valence-corrected chi connectivity index (χ1v) is 12.4. The van der Waals surface area contributed by atoms with Crippen LogP contribution in [0.25, 0.3) is 21.3 Å². The smallest absolute Gasteiger partial charge is 0.294 e. The Morgan fingerprint density at radius 3 is 2.39 bits per heavy atom. The van der Waals surface area contributed by atoms with Crippen LogP contribution < -0.4 is 19.7 Å². The van der Waals surface area contributed by atoms with Crippen LogP contribution in [0.1, 0.15) is 0 Å². The lowest BCUT2D eigenvalue weighted by Crippen LogP contribution is -2.28. The van der Waals surface area contributed by atoms with Gasteiger partial charge in [0, 0.05) is 44.0 Å². The van der Waals surface area contributed by atoms with Crippen molar-refractivity contribution in [2.75, 3.05) is 58.7 Å². The van der Waals surface area contributed by atoms with Crippen molar-refractivity contribution in [3.63, 3.8) is 0 Å². The molecule has 0 spiro atoms. The molecule has 2 heterocycles. The molecular weight excluding hydrogens is 508 g/mol. The maximum atomic E-state index is 11.9. The van der Waals surface area contributed by atoms with Gasteiger partial charge < -0.3 is 24.6 Å². The van der Waals surface area contributed by atoms with Crippen LogP contribution in [0.4, 0.5) is 23.0 Å². The highest BCUT2D eigenvalue weighted by Crippen LogP contribution is 2.39. The Morgan fingerprint density at radius 1 is 1.00 bits per heavy atom. The molecule has 1 N–H and O–H groups in total. The second-order valence-electron chi connectivity index (χ2n) is 8.55. The minimum absolute atomic E-state index is 0.0565. The Bertz CT molecular complexity index is 1410. The number of rotatable bonds is 11. The van der Waals surface area contributed by atoms with Gasteiger partial charge >= 0.3 is 0 Å². The maximum Gasteiger partial charge on any atom is 0.294 e. The van der Waals surface area contributed by atoms with E-state index in [9.17, 15) is 10.1 Å². The molecule has 13 heteroatoms. The summed E-state index contributed by atoms with van der Waals surface area (Å²) in [5.74, 6) is 1.42. The number of methoxy groups -OCH3 is 2. The highest BCUT2D eigenvalue weighted by molar-refractivity contribution is 7.17. The third kappa shape index (κ3) is 6.12. The zero-order valence-electron chi connectivity index (χ0n) is 21.7. The van der Waals surface area contributed by atoms with Crippen molar-refractivity contribution < 1.29 is 14.4 Å². The second-order valence-corrected chi connectivity index (χ2v) is 9.53. The van der Waals surface area contributed by atoms with Gasteiger partial charge in [-0.25, -0.2) is 9.97 Å². The molecule has 0 fully saturated rings. The number of ether oxygens (including phenoxy) is 2. The summed E-state index contributed by atoms with van der Waals surface area (Å²) in [5.41, 5.74) is 2.24. The van der Waals surface area contributed by atoms with Gasteiger partial charge in [-0.2, -0.15) is 0 Å². The average molecular weight is 537 g/mol. The molecule has 0 saturated heterocycles. The topological polar surface area (TPSA) is 132 Å². The fourth-order valence-electron chi connectivity index (χ4n) is 3.58. The van der Waals surface area contributed by atoms with Crippen molar-refractivity contribution in [2.45, 2.75) is 0 Å². The van der Waals surface area contributed by atoms with Crippen molar-refractivity contribution >= 4 is 34.3 Å². The Balaban J connectivity index is 1.60. The Labute approximate surface area is 224 Å². The molecule has 38 heavy (non-hydrogen) atoms. The molecule has 0 radical (unpaired) electrons. The van der Waals surface area contributed by atoms with Crippen LogP contribution in [0.5, 0.6) is 11.5 Å². The summed E-state index contributed by atoms with van der Waals surface area (Å²) in [4.78, 5) is 24.2. The van der Waals surface area contributed by atoms with Gasteiger partial charge in [0.05, 0.1) is 24.8 Å². The normalized spacial score (nSPS) is 10.9. The third-order valence-corrected chi connectivity index (χ3v) is 6.67. The van der Waals surface area contributed by atoms with E-state index in [1.54, 1.807) is 25.4 Å². The van der Waals surface area contributed by atoms with Gasteiger partial charge in [0.25, 0.3) is 5.69 Å². The van der Waals surface area contributed by atoms with E-state index in [2.05, 4.69) is 25.5 Å². The van der Waals surface area contributed by atoms with Crippen molar-refractivity contribution in [1.82, 2.24) is 25.1 Å². The van der Waals surface area contributed by atoms with Crippen molar-refractivity contribution in [3.8, 4) is 32.8 Å². The van der Waals surface area contributed by atoms with Crippen LogP contribution in [0.3, 0.4) is 0 Å². The van der Waals surface area contributed by atoms with Crippen molar-refractivity contribution in [2.24, 2.45) is 0 Å². The number of nitro groups is 1. The zero-order chi connectivity index (χ0) is 27.2. The molecule has 0 bridgehead atoms. The van der Waals surface area contributed by atoms with Crippen LogP contribution >= 0.6 is 11.3 Å². The monoisotopic (exact) mass is 536 g/mol. The molecule has 2 aromatic heterocycles. The van der Waals surface area contributed by atoms with Gasteiger partial charge in [0.1, 0.15) is 27.9 Å². The van der Waals surface area contributed by atoms with E-state index >= 15 is 0 Å². The highest BCUT2D eigenvalue weighted by Gasteiger charge is 2.22. The molecular formula is C25H28N8O4S. The molecule has 12 nitrogen and oxygen atoms in total. The highest BCUT2D eigenvalue weighted by atomic mass is 32.1. The standard InChI is InChI=1S/C25H28N8O4S/c1-31(2)12-13-32(3)20-15-22(37-5)19(14-21(20)33(34)35)28-25-26-11-10-18(27-25)24-30-29-23(38-24)16-6-8-17(36-4)9-7-16/h6-11,14-15H,12-13H2,1-5H3,(H,26,27,28). The molecule has 0 saturated carbocycles. The van der Waals surface area contributed by atoms with E-state index in [0.717, 1.165) is 22.9 Å².